The van der Waals surface area contributed by atoms with Gasteiger partial charge < -0.3 is 25.0 Å². The van der Waals surface area contributed by atoms with Gasteiger partial charge in [-0.3, -0.25) is 14.4 Å². The number of likely N-dealkylation sites (tertiary alicyclic amines) is 1. The molecule has 3 rings (SSSR count). The lowest BCUT2D eigenvalue weighted by molar-refractivity contribution is -0.137. The fourth-order valence-corrected chi connectivity index (χ4v) is 4.44. The molecule has 3 saturated heterocycles. The molecule has 3 aliphatic heterocycles. The standard InChI is InChI=1S/C19H31N3O5/c1-21(11-17(20)23)18(24)9-16-15-10-22(5-2-14(15)12-27-16)19(25)8-13-3-6-26-7-4-13/h13-16H,2-12H2,1H3,(H2,20,23)/t14-,15-,16?/m0/s1. The van der Waals surface area contributed by atoms with Crippen molar-refractivity contribution in [1.82, 2.24) is 9.80 Å². The van der Waals surface area contributed by atoms with E-state index in [0.717, 1.165) is 39.0 Å². The minimum absolute atomic E-state index is 0.0879. The minimum atomic E-state index is -0.529. The molecule has 3 aliphatic rings. The molecule has 3 fully saturated rings. The number of ether oxygens (including phenoxy) is 2. The molecule has 3 atom stereocenters. The highest BCUT2D eigenvalue weighted by Crippen LogP contribution is 2.36. The van der Waals surface area contributed by atoms with E-state index >= 15 is 0 Å². The zero-order chi connectivity index (χ0) is 19.4. The van der Waals surface area contributed by atoms with Gasteiger partial charge in [-0.2, -0.15) is 0 Å². The van der Waals surface area contributed by atoms with Crippen LogP contribution in [-0.4, -0.2) is 80.1 Å². The van der Waals surface area contributed by atoms with Gasteiger partial charge in [-0.15, -0.1) is 0 Å². The fourth-order valence-electron chi connectivity index (χ4n) is 4.44. The number of nitrogens with zero attached hydrogens (tertiary/aromatic N) is 2. The number of primary amides is 1. The van der Waals surface area contributed by atoms with Crippen molar-refractivity contribution in [1.29, 1.82) is 0 Å². The Kier molecular flexibility index (Phi) is 6.70. The molecular formula is C19H31N3O5. The van der Waals surface area contributed by atoms with Crippen LogP contribution >= 0.6 is 0 Å². The SMILES string of the molecule is CN(CC(N)=O)C(=O)CC1OC[C@@H]2CCN(C(=O)CC3CCOCC3)C[C@H]12. The van der Waals surface area contributed by atoms with Gasteiger partial charge >= 0.3 is 0 Å². The van der Waals surface area contributed by atoms with Crippen molar-refractivity contribution in [3.8, 4) is 0 Å². The molecular weight excluding hydrogens is 350 g/mol. The molecule has 152 valence electrons. The maximum Gasteiger partial charge on any atom is 0.237 e. The molecule has 8 nitrogen and oxygen atoms in total. The van der Waals surface area contributed by atoms with E-state index < -0.39 is 5.91 Å². The first kappa shape index (κ1) is 20.1. The van der Waals surface area contributed by atoms with Crippen LogP contribution in [0, 0.1) is 17.8 Å². The number of nitrogens with two attached hydrogens (primary N) is 1. The van der Waals surface area contributed by atoms with E-state index in [1.807, 2.05) is 4.90 Å². The molecule has 0 aromatic rings. The number of carbonyl (C=O) groups is 3. The van der Waals surface area contributed by atoms with E-state index in [0.29, 0.717) is 31.4 Å². The molecule has 0 bridgehead atoms. The van der Waals surface area contributed by atoms with Crippen molar-refractivity contribution in [3.63, 3.8) is 0 Å². The van der Waals surface area contributed by atoms with Gasteiger partial charge in [0.05, 0.1) is 25.7 Å². The molecule has 3 heterocycles. The Balaban J connectivity index is 1.52. The highest BCUT2D eigenvalue weighted by Gasteiger charge is 2.43. The number of amides is 3. The van der Waals surface area contributed by atoms with E-state index in [1.54, 1.807) is 7.05 Å². The number of likely N-dealkylation sites (N-methyl/N-ethyl adjacent to an activating group) is 1. The lowest BCUT2D eigenvalue weighted by atomic mass is 9.83. The van der Waals surface area contributed by atoms with E-state index in [2.05, 4.69) is 0 Å². The third kappa shape index (κ3) is 5.19. The molecule has 0 aromatic carbocycles. The Morgan fingerprint density at radius 1 is 1.15 bits per heavy atom. The zero-order valence-electron chi connectivity index (χ0n) is 16.1. The van der Waals surface area contributed by atoms with Gasteiger partial charge in [0.1, 0.15) is 0 Å². The molecule has 1 unspecified atom stereocenters. The van der Waals surface area contributed by atoms with Crippen LogP contribution in [0.2, 0.25) is 0 Å². The molecule has 0 radical (unpaired) electrons. The smallest absolute Gasteiger partial charge is 0.237 e. The van der Waals surface area contributed by atoms with Crippen LogP contribution in [0.15, 0.2) is 0 Å². The van der Waals surface area contributed by atoms with Gasteiger partial charge in [0.25, 0.3) is 0 Å². The summed E-state index contributed by atoms with van der Waals surface area (Å²) in [7, 11) is 1.57. The van der Waals surface area contributed by atoms with E-state index in [9.17, 15) is 14.4 Å². The third-order valence-corrected chi connectivity index (χ3v) is 6.16. The normalized spacial score (nSPS) is 28.6. The van der Waals surface area contributed by atoms with Gasteiger partial charge in [0.15, 0.2) is 0 Å². The first-order chi connectivity index (χ1) is 12.9. The van der Waals surface area contributed by atoms with E-state index in [1.165, 1.54) is 4.90 Å². The molecule has 2 N–H and O–H groups in total. The van der Waals surface area contributed by atoms with Crippen molar-refractivity contribution in [2.45, 2.75) is 38.2 Å². The third-order valence-electron chi connectivity index (χ3n) is 6.16. The summed E-state index contributed by atoms with van der Waals surface area (Å²) in [5.41, 5.74) is 5.16. The van der Waals surface area contributed by atoms with E-state index in [-0.39, 0.29) is 36.8 Å². The topological polar surface area (TPSA) is 102 Å². The van der Waals surface area contributed by atoms with Crippen molar-refractivity contribution in [3.05, 3.63) is 0 Å². The van der Waals surface area contributed by atoms with Crippen LogP contribution in [0.3, 0.4) is 0 Å². The molecule has 8 heteroatoms. The fraction of sp³-hybridized carbons (Fsp3) is 0.842. The van der Waals surface area contributed by atoms with Crippen LogP contribution in [0.5, 0.6) is 0 Å². The van der Waals surface area contributed by atoms with Crippen LogP contribution in [0.25, 0.3) is 0 Å². The molecule has 0 spiro atoms. The lowest BCUT2D eigenvalue weighted by Crippen LogP contribution is -2.46. The summed E-state index contributed by atoms with van der Waals surface area (Å²) in [5.74, 6) is 0.537. The number of carbonyl (C=O) groups excluding carboxylic acids is 3. The number of hydrogen-bond donors (Lipinski definition) is 1. The van der Waals surface area contributed by atoms with Crippen molar-refractivity contribution in [2.75, 3.05) is 46.5 Å². The first-order valence-corrected chi connectivity index (χ1v) is 9.93. The van der Waals surface area contributed by atoms with Gasteiger partial charge in [-0.05, 0) is 31.1 Å². The number of hydrogen-bond acceptors (Lipinski definition) is 5. The number of fused-ring (bicyclic) bond motifs is 1. The van der Waals surface area contributed by atoms with Crippen LogP contribution in [0.1, 0.15) is 32.1 Å². The maximum absolute atomic E-state index is 12.7. The summed E-state index contributed by atoms with van der Waals surface area (Å²) in [6.45, 7) is 3.48. The predicted molar refractivity (Wildman–Crippen MR) is 97.5 cm³/mol. The van der Waals surface area contributed by atoms with Crippen molar-refractivity contribution < 1.29 is 23.9 Å². The molecule has 0 saturated carbocycles. The quantitative estimate of drug-likeness (QED) is 0.698. The molecule has 27 heavy (non-hydrogen) atoms. The van der Waals surface area contributed by atoms with Gasteiger partial charge in [-0.1, -0.05) is 0 Å². The van der Waals surface area contributed by atoms with Crippen LogP contribution < -0.4 is 5.73 Å². The maximum atomic E-state index is 12.7. The summed E-state index contributed by atoms with van der Waals surface area (Å²) < 4.78 is 11.3. The van der Waals surface area contributed by atoms with Crippen molar-refractivity contribution >= 4 is 17.7 Å². The summed E-state index contributed by atoms with van der Waals surface area (Å²) in [6, 6.07) is 0. The van der Waals surface area contributed by atoms with E-state index in [4.69, 9.17) is 15.2 Å². The molecule has 3 amide bonds. The molecule has 0 aromatic heterocycles. The second-order valence-corrected chi connectivity index (χ2v) is 8.10. The van der Waals surface area contributed by atoms with Gasteiger partial charge in [-0.25, -0.2) is 0 Å². The Hall–Kier alpha value is -1.67. The predicted octanol–water partition coefficient (Wildman–Crippen LogP) is 0.000400. The average molecular weight is 381 g/mol. The second kappa shape index (κ2) is 9.01. The zero-order valence-corrected chi connectivity index (χ0v) is 16.1. The largest absolute Gasteiger partial charge is 0.381 e. The summed E-state index contributed by atoms with van der Waals surface area (Å²) in [6.07, 6.45) is 3.46. The summed E-state index contributed by atoms with van der Waals surface area (Å²) in [4.78, 5) is 39.4. The van der Waals surface area contributed by atoms with Gasteiger partial charge in [0.2, 0.25) is 17.7 Å². The Morgan fingerprint density at radius 2 is 1.89 bits per heavy atom. The molecule has 0 aliphatic carbocycles. The highest BCUT2D eigenvalue weighted by atomic mass is 16.5. The Bertz CT molecular complexity index is 564. The summed E-state index contributed by atoms with van der Waals surface area (Å²) >= 11 is 0. The minimum Gasteiger partial charge on any atom is -0.381 e. The number of piperidine rings is 1. The first-order valence-electron chi connectivity index (χ1n) is 9.93. The van der Waals surface area contributed by atoms with Crippen LogP contribution in [0.4, 0.5) is 0 Å². The van der Waals surface area contributed by atoms with Crippen molar-refractivity contribution in [2.24, 2.45) is 23.5 Å². The number of rotatable bonds is 6. The van der Waals surface area contributed by atoms with Gasteiger partial charge in [0, 0.05) is 45.7 Å². The second-order valence-electron chi connectivity index (χ2n) is 8.10. The Labute approximate surface area is 160 Å². The average Bonchev–Trinajstić information content (AvgIpc) is 3.04. The summed E-state index contributed by atoms with van der Waals surface area (Å²) in [5, 5.41) is 0. The highest BCUT2D eigenvalue weighted by molar-refractivity contribution is 5.83. The monoisotopic (exact) mass is 381 g/mol. The Morgan fingerprint density at radius 3 is 2.59 bits per heavy atom. The lowest BCUT2D eigenvalue weighted by Gasteiger charge is -2.37. The van der Waals surface area contributed by atoms with Crippen LogP contribution in [-0.2, 0) is 23.9 Å².